The molecule has 0 saturated carbocycles. The number of nitrogens with one attached hydrogen (secondary N) is 1. The molecule has 2 aromatic heterocycles. The fraction of sp³-hybridized carbons (Fsp3) is 0.167. The van der Waals surface area contributed by atoms with Gasteiger partial charge in [0.1, 0.15) is 5.69 Å². The van der Waals surface area contributed by atoms with E-state index < -0.39 is 6.03 Å². The highest BCUT2D eigenvalue weighted by Gasteiger charge is 2.24. The predicted molar refractivity (Wildman–Crippen MR) is 66.1 cm³/mol. The zero-order valence-electron chi connectivity index (χ0n) is 9.87. The van der Waals surface area contributed by atoms with E-state index in [1.165, 1.54) is 4.90 Å². The van der Waals surface area contributed by atoms with Crippen molar-refractivity contribution in [2.24, 2.45) is 0 Å². The van der Waals surface area contributed by atoms with Gasteiger partial charge in [-0.2, -0.15) is 5.10 Å². The van der Waals surface area contributed by atoms with Crippen molar-refractivity contribution in [2.75, 3.05) is 11.4 Å². The quantitative estimate of drug-likeness (QED) is 0.799. The number of rotatable bonds is 2. The van der Waals surface area contributed by atoms with E-state index in [1.807, 2.05) is 0 Å². The fourth-order valence-electron chi connectivity index (χ4n) is 2.04. The number of carbonyl (C=O) groups excluding carboxylic acids is 3. The molecule has 3 rings (SSSR count). The summed E-state index contributed by atoms with van der Waals surface area (Å²) in [5, 5.41) is 6.29. The molecule has 0 spiro atoms. The molecule has 2 aromatic rings. The summed E-state index contributed by atoms with van der Waals surface area (Å²) in [5.74, 6) is -0.269. The van der Waals surface area contributed by atoms with E-state index in [-0.39, 0.29) is 12.3 Å². The Morgan fingerprint density at radius 3 is 2.89 bits per heavy atom. The molecule has 96 valence electrons. The molecule has 19 heavy (non-hydrogen) atoms. The van der Waals surface area contributed by atoms with Crippen LogP contribution in [-0.4, -0.2) is 34.4 Å². The van der Waals surface area contributed by atoms with Crippen LogP contribution < -0.4 is 10.2 Å². The molecule has 0 aliphatic carbocycles. The van der Waals surface area contributed by atoms with Crippen molar-refractivity contribution < 1.29 is 14.4 Å². The number of imide groups is 1. The highest BCUT2D eigenvalue weighted by atomic mass is 16.2. The van der Waals surface area contributed by atoms with Crippen LogP contribution in [0.2, 0.25) is 0 Å². The van der Waals surface area contributed by atoms with Crippen molar-refractivity contribution in [3.8, 4) is 0 Å². The molecule has 0 radical (unpaired) electrons. The van der Waals surface area contributed by atoms with Crippen LogP contribution in [0.1, 0.15) is 16.9 Å². The number of hydrogen-bond acceptors (Lipinski definition) is 4. The molecule has 0 atom stereocenters. The maximum absolute atomic E-state index is 11.7. The Morgan fingerprint density at radius 1 is 1.32 bits per heavy atom. The molecule has 1 aliphatic heterocycles. The molecule has 7 nitrogen and oxygen atoms in total. The van der Waals surface area contributed by atoms with Crippen molar-refractivity contribution in [3.63, 3.8) is 0 Å². The maximum Gasteiger partial charge on any atom is 0.328 e. The van der Waals surface area contributed by atoms with Gasteiger partial charge >= 0.3 is 6.03 Å². The van der Waals surface area contributed by atoms with Gasteiger partial charge in [0, 0.05) is 24.8 Å². The Hall–Kier alpha value is -2.70. The Morgan fingerprint density at radius 2 is 2.16 bits per heavy atom. The van der Waals surface area contributed by atoms with Gasteiger partial charge in [0.2, 0.25) is 5.91 Å². The number of urea groups is 1. The zero-order chi connectivity index (χ0) is 13.4. The molecule has 1 saturated heterocycles. The number of aromatic nitrogens is 2. The smallest absolute Gasteiger partial charge is 0.296 e. The first kappa shape index (κ1) is 11.4. The van der Waals surface area contributed by atoms with E-state index in [2.05, 4.69) is 10.4 Å². The molecule has 1 aliphatic rings. The molecule has 7 heteroatoms. The molecule has 0 aromatic carbocycles. The topological polar surface area (TPSA) is 83.8 Å². The van der Waals surface area contributed by atoms with Gasteiger partial charge in [0.05, 0.1) is 5.52 Å². The third-order valence-corrected chi connectivity index (χ3v) is 2.95. The van der Waals surface area contributed by atoms with Crippen molar-refractivity contribution in [3.05, 3.63) is 30.1 Å². The highest BCUT2D eigenvalue weighted by Crippen LogP contribution is 2.19. The van der Waals surface area contributed by atoms with Gasteiger partial charge in [0.25, 0.3) is 0 Å². The summed E-state index contributed by atoms with van der Waals surface area (Å²) >= 11 is 0. The lowest BCUT2D eigenvalue weighted by atomic mass is 10.2. The number of pyridine rings is 1. The number of nitrogens with zero attached hydrogens (tertiary/aromatic N) is 3. The number of carbonyl (C=O) groups is 3. The molecular weight excluding hydrogens is 248 g/mol. The minimum Gasteiger partial charge on any atom is -0.296 e. The largest absolute Gasteiger partial charge is 0.328 e. The first-order valence-electron chi connectivity index (χ1n) is 5.73. The van der Waals surface area contributed by atoms with Crippen molar-refractivity contribution in [1.29, 1.82) is 0 Å². The summed E-state index contributed by atoms with van der Waals surface area (Å²) in [7, 11) is 0. The first-order chi connectivity index (χ1) is 9.17. The van der Waals surface area contributed by atoms with E-state index in [4.69, 9.17) is 0 Å². The summed E-state index contributed by atoms with van der Waals surface area (Å²) in [6.07, 6.45) is 2.61. The van der Waals surface area contributed by atoms with E-state index in [1.54, 1.807) is 28.9 Å². The Kier molecular flexibility index (Phi) is 2.52. The van der Waals surface area contributed by atoms with Crippen LogP contribution in [0, 0.1) is 0 Å². The van der Waals surface area contributed by atoms with Crippen molar-refractivity contribution in [2.45, 2.75) is 6.42 Å². The van der Waals surface area contributed by atoms with Gasteiger partial charge < -0.3 is 0 Å². The lowest BCUT2D eigenvalue weighted by Gasteiger charge is -2.26. The maximum atomic E-state index is 11.7. The third kappa shape index (κ3) is 1.95. The van der Waals surface area contributed by atoms with Gasteiger partial charge in [-0.3, -0.25) is 19.8 Å². The minimum absolute atomic E-state index is 0.269. The predicted octanol–water partition coefficient (Wildman–Crippen LogP) is 0.593. The first-order valence-corrected chi connectivity index (χ1v) is 5.73. The van der Waals surface area contributed by atoms with Crippen LogP contribution in [0.25, 0.3) is 5.52 Å². The van der Waals surface area contributed by atoms with Crippen LogP contribution in [0.3, 0.4) is 0 Å². The summed E-state index contributed by atoms with van der Waals surface area (Å²) < 4.78 is 1.56. The van der Waals surface area contributed by atoms with Crippen LogP contribution in [0.5, 0.6) is 0 Å². The zero-order valence-corrected chi connectivity index (χ0v) is 9.87. The standard InChI is InChI=1S/C12H10N4O3/c17-7-8-5-10-6-9(1-4-16(10)14-8)15-3-2-11(18)13-12(15)19/h1,4-7H,2-3H2,(H,13,18,19). The van der Waals surface area contributed by atoms with E-state index in [9.17, 15) is 14.4 Å². The number of amides is 3. The fourth-order valence-corrected chi connectivity index (χ4v) is 2.04. The summed E-state index contributed by atoms with van der Waals surface area (Å²) in [4.78, 5) is 35.0. The van der Waals surface area contributed by atoms with Crippen LogP contribution in [-0.2, 0) is 4.79 Å². The molecule has 0 unspecified atom stereocenters. The molecule has 0 bridgehead atoms. The number of hydrogen-bond donors (Lipinski definition) is 1. The van der Waals surface area contributed by atoms with E-state index >= 15 is 0 Å². The van der Waals surface area contributed by atoms with Gasteiger partial charge in [-0.1, -0.05) is 0 Å². The monoisotopic (exact) mass is 258 g/mol. The summed E-state index contributed by atoms with van der Waals surface area (Å²) in [6, 6.07) is 4.65. The van der Waals surface area contributed by atoms with Crippen molar-refractivity contribution >= 4 is 29.4 Å². The number of anilines is 1. The van der Waals surface area contributed by atoms with Crippen LogP contribution >= 0.6 is 0 Å². The second-order valence-electron chi connectivity index (χ2n) is 4.20. The third-order valence-electron chi connectivity index (χ3n) is 2.95. The normalized spacial score (nSPS) is 15.7. The summed E-state index contributed by atoms with van der Waals surface area (Å²) in [5.41, 5.74) is 1.70. The number of aldehydes is 1. The average Bonchev–Trinajstić information content (AvgIpc) is 2.80. The Labute approximate surface area is 107 Å². The molecule has 1 N–H and O–H groups in total. The van der Waals surface area contributed by atoms with Crippen LogP contribution in [0.15, 0.2) is 24.4 Å². The van der Waals surface area contributed by atoms with Gasteiger partial charge in [-0.05, 0) is 18.2 Å². The lowest BCUT2D eigenvalue weighted by molar-refractivity contribution is -0.120. The van der Waals surface area contributed by atoms with E-state index in [0.29, 0.717) is 29.7 Å². The second kappa shape index (κ2) is 4.20. The lowest BCUT2D eigenvalue weighted by Crippen LogP contribution is -2.49. The summed E-state index contributed by atoms with van der Waals surface area (Å²) in [6.45, 7) is 0.343. The highest BCUT2D eigenvalue weighted by molar-refractivity contribution is 6.05. The second-order valence-corrected chi connectivity index (χ2v) is 4.20. The molecule has 3 amide bonds. The molecular formula is C12H10N4O3. The number of fused-ring (bicyclic) bond motifs is 1. The van der Waals surface area contributed by atoms with Gasteiger partial charge in [0.15, 0.2) is 6.29 Å². The van der Waals surface area contributed by atoms with E-state index in [0.717, 1.165) is 0 Å². The Balaban J connectivity index is 1.98. The molecule has 1 fully saturated rings. The molecule has 3 heterocycles. The van der Waals surface area contributed by atoms with Gasteiger partial charge in [-0.25, -0.2) is 9.31 Å². The Bertz CT molecular complexity index is 691. The van der Waals surface area contributed by atoms with Crippen LogP contribution in [0.4, 0.5) is 10.5 Å². The van der Waals surface area contributed by atoms with Gasteiger partial charge in [-0.15, -0.1) is 0 Å². The minimum atomic E-state index is -0.435. The van der Waals surface area contributed by atoms with Crippen molar-refractivity contribution in [1.82, 2.24) is 14.9 Å². The SMILES string of the molecule is O=Cc1cc2cc(N3CCC(=O)NC3=O)ccn2n1. The average molecular weight is 258 g/mol.